The molecule has 0 aliphatic carbocycles. The smallest absolute Gasteiger partial charge is 0.261 e. The minimum Gasteiger partial charge on any atom is -0.341 e. The summed E-state index contributed by atoms with van der Waals surface area (Å²) in [6, 6.07) is 3.73. The fourth-order valence-corrected chi connectivity index (χ4v) is 4.18. The van der Waals surface area contributed by atoms with Crippen molar-refractivity contribution in [1.82, 2.24) is 25.1 Å². The average Bonchev–Trinajstić information content (AvgIpc) is 3.40. The fourth-order valence-electron chi connectivity index (χ4n) is 3.23. The SMILES string of the molecule is CC(C)Cc1nnc(NC(=O)c2cnc(N3CCCC3)nc2-c2cccnc2)s1. The third kappa shape index (κ3) is 4.56. The molecule has 29 heavy (non-hydrogen) atoms. The van der Waals surface area contributed by atoms with E-state index in [2.05, 4.69) is 44.2 Å². The van der Waals surface area contributed by atoms with Gasteiger partial charge in [-0.15, -0.1) is 10.2 Å². The van der Waals surface area contributed by atoms with E-state index < -0.39 is 0 Å². The fraction of sp³-hybridized carbons (Fsp3) is 0.400. The maximum absolute atomic E-state index is 13.0. The molecule has 1 fully saturated rings. The van der Waals surface area contributed by atoms with Crippen molar-refractivity contribution in [2.45, 2.75) is 33.1 Å². The zero-order chi connectivity index (χ0) is 20.2. The van der Waals surface area contributed by atoms with E-state index in [0.29, 0.717) is 28.3 Å². The highest BCUT2D eigenvalue weighted by molar-refractivity contribution is 7.15. The van der Waals surface area contributed by atoms with Crippen LogP contribution in [0.25, 0.3) is 11.3 Å². The maximum atomic E-state index is 13.0. The van der Waals surface area contributed by atoms with E-state index in [0.717, 1.165) is 42.9 Å². The van der Waals surface area contributed by atoms with E-state index in [-0.39, 0.29) is 5.91 Å². The second-order valence-electron chi connectivity index (χ2n) is 7.42. The Morgan fingerprint density at radius 3 is 2.79 bits per heavy atom. The summed E-state index contributed by atoms with van der Waals surface area (Å²) in [5.41, 5.74) is 1.74. The van der Waals surface area contributed by atoms with Crippen molar-refractivity contribution in [2.24, 2.45) is 5.92 Å². The first-order valence-electron chi connectivity index (χ1n) is 9.76. The molecule has 1 saturated heterocycles. The van der Waals surface area contributed by atoms with Crippen LogP contribution >= 0.6 is 11.3 Å². The van der Waals surface area contributed by atoms with Gasteiger partial charge in [-0.2, -0.15) is 0 Å². The Kier molecular flexibility index (Phi) is 5.75. The van der Waals surface area contributed by atoms with Gasteiger partial charge < -0.3 is 4.90 Å². The first-order chi connectivity index (χ1) is 14.1. The molecule has 0 bridgehead atoms. The maximum Gasteiger partial charge on any atom is 0.261 e. The largest absolute Gasteiger partial charge is 0.341 e. The highest BCUT2D eigenvalue weighted by atomic mass is 32.1. The number of amides is 1. The molecule has 1 aliphatic heterocycles. The molecule has 0 saturated carbocycles. The number of rotatable bonds is 6. The Morgan fingerprint density at radius 1 is 1.24 bits per heavy atom. The lowest BCUT2D eigenvalue weighted by atomic mass is 10.1. The number of anilines is 2. The molecule has 0 aromatic carbocycles. The van der Waals surface area contributed by atoms with Crippen molar-refractivity contribution in [3.8, 4) is 11.3 Å². The van der Waals surface area contributed by atoms with Crippen LogP contribution in [0.2, 0.25) is 0 Å². The predicted octanol–water partition coefficient (Wildman–Crippen LogP) is 3.44. The molecule has 1 amide bonds. The van der Waals surface area contributed by atoms with Crippen LogP contribution in [-0.4, -0.2) is 44.1 Å². The van der Waals surface area contributed by atoms with E-state index in [1.54, 1.807) is 18.6 Å². The van der Waals surface area contributed by atoms with E-state index in [1.807, 2.05) is 12.1 Å². The van der Waals surface area contributed by atoms with Crippen molar-refractivity contribution in [3.05, 3.63) is 41.3 Å². The average molecular weight is 410 g/mol. The number of hydrogen-bond acceptors (Lipinski definition) is 8. The number of aromatic nitrogens is 5. The van der Waals surface area contributed by atoms with Gasteiger partial charge in [-0.05, 0) is 30.9 Å². The molecule has 8 nitrogen and oxygen atoms in total. The molecule has 0 unspecified atom stereocenters. The third-order valence-corrected chi connectivity index (χ3v) is 5.48. The second-order valence-corrected chi connectivity index (χ2v) is 8.48. The summed E-state index contributed by atoms with van der Waals surface area (Å²) in [7, 11) is 0. The van der Waals surface area contributed by atoms with Crippen molar-refractivity contribution in [1.29, 1.82) is 0 Å². The minimum absolute atomic E-state index is 0.302. The van der Waals surface area contributed by atoms with Crippen molar-refractivity contribution in [3.63, 3.8) is 0 Å². The minimum atomic E-state index is -0.302. The van der Waals surface area contributed by atoms with Crippen LogP contribution in [0.1, 0.15) is 42.1 Å². The molecule has 3 aromatic heterocycles. The van der Waals surface area contributed by atoms with Crippen LogP contribution in [-0.2, 0) is 6.42 Å². The molecule has 9 heteroatoms. The predicted molar refractivity (Wildman–Crippen MR) is 113 cm³/mol. The topological polar surface area (TPSA) is 96.8 Å². The quantitative estimate of drug-likeness (QED) is 0.666. The molecule has 0 radical (unpaired) electrons. The van der Waals surface area contributed by atoms with Gasteiger partial charge in [0.1, 0.15) is 5.01 Å². The molecular weight excluding hydrogens is 386 g/mol. The molecule has 1 N–H and O–H groups in total. The van der Waals surface area contributed by atoms with Gasteiger partial charge in [-0.3, -0.25) is 15.1 Å². The molecule has 0 atom stereocenters. The molecule has 3 aromatic rings. The van der Waals surface area contributed by atoms with E-state index in [1.165, 1.54) is 11.3 Å². The highest BCUT2D eigenvalue weighted by Gasteiger charge is 2.21. The summed E-state index contributed by atoms with van der Waals surface area (Å²) in [4.78, 5) is 28.5. The Labute approximate surface area is 173 Å². The van der Waals surface area contributed by atoms with Crippen LogP contribution in [0, 0.1) is 5.92 Å². The summed E-state index contributed by atoms with van der Waals surface area (Å²) in [5, 5.41) is 12.5. The number of pyridine rings is 1. The number of carbonyl (C=O) groups excluding carboxylic acids is 1. The van der Waals surface area contributed by atoms with E-state index in [4.69, 9.17) is 4.98 Å². The first-order valence-corrected chi connectivity index (χ1v) is 10.6. The van der Waals surface area contributed by atoms with Gasteiger partial charge in [0.25, 0.3) is 5.91 Å². The Bertz CT molecular complexity index is 984. The van der Waals surface area contributed by atoms with Crippen molar-refractivity contribution < 1.29 is 4.79 Å². The number of carbonyl (C=O) groups is 1. The van der Waals surface area contributed by atoms with Crippen LogP contribution < -0.4 is 10.2 Å². The molecule has 4 heterocycles. The van der Waals surface area contributed by atoms with Crippen LogP contribution in [0.4, 0.5) is 11.1 Å². The lowest BCUT2D eigenvalue weighted by molar-refractivity contribution is 0.102. The van der Waals surface area contributed by atoms with Crippen LogP contribution in [0.15, 0.2) is 30.7 Å². The van der Waals surface area contributed by atoms with Gasteiger partial charge in [0.15, 0.2) is 0 Å². The number of nitrogens with zero attached hydrogens (tertiary/aromatic N) is 6. The molecule has 0 spiro atoms. The van der Waals surface area contributed by atoms with Gasteiger partial charge in [0, 0.05) is 43.7 Å². The lowest BCUT2D eigenvalue weighted by Gasteiger charge is -2.17. The highest BCUT2D eigenvalue weighted by Crippen LogP contribution is 2.26. The van der Waals surface area contributed by atoms with Crippen molar-refractivity contribution >= 4 is 28.3 Å². The lowest BCUT2D eigenvalue weighted by Crippen LogP contribution is -2.22. The molecule has 1 aliphatic rings. The Morgan fingerprint density at radius 2 is 2.07 bits per heavy atom. The second kappa shape index (κ2) is 8.60. The summed E-state index contributed by atoms with van der Waals surface area (Å²) in [6.45, 7) is 6.11. The normalized spacial score (nSPS) is 13.8. The van der Waals surface area contributed by atoms with Crippen LogP contribution in [0.5, 0.6) is 0 Å². The first kappa shape index (κ1) is 19.4. The van der Waals surface area contributed by atoms with Gasteiger partial charge in [-0.25, -0.2) is 9.97 Å². The van der Waals surface area contributed by atoms with Crippen molar-refractivity contribution in [2.75, 3.05) is 23.3 Å². The monoisotopic (exact) mass is 409 g/mol. The summed E-state index contributed by atoms with van der Waals surface area (Å²) in [5.74, 6) is 0.826. The van der Waals surface area contributed by atoms with Gasteiger partial charge in [0.05, 0.1) is 11.3 Å². The number of nitrogens with one attached hydrogen (secondary N) is 1. The summed E-state index contributed by atoms with van der Waals surface area (Å²) < 4.78 is 0. The van der Waals surface area contributed by atoms with E-state index >= 15 is 0 Å². The number of hydrogen-bond donors (Lipinski definition) is 1. The van der Waals surface area contributed by atoms with Crippen LogP contribution in [0.3, 0.4) is 0 Å². The van der Waals surface area contributed by atoms with E-state index in [9.17, 15) is 4.79 Å². The standard InChI is InChI=1S/C20H23N7OS/c1-13(2)10-16-25-26-20(29-16)24-18(28)15-12-22-19(27-8-3-4-9-27)23-17(15)14-6-5-7-21-11-14/h5-7,11-13H,3-4,8-10H2,1-2H3,(H,24,26,28). The summed E-state index contributed by atoms with van der Waals surface area (Å²) in [6.07, 6.45) is 8.09. The van der Waals surface area contributed by atoms with Gasteiger partial charge in [0.2, 0.25) is 11.1 Å². The van der Waals surface area contributed by atoms with Gasteiger partial charge >= 0.3 is 0 Å². The zero-order valence-corrected chi connectivity index (χ0v) is 17.3. The Hall–Kier alpha value is -2.94. The molecular formula is C20H23N7OS. The third-order valence-electron chi connectivity index (χ3n) is 4.61. The molecule has 4 rings (SSSR count). The zero-order valence-electron chi connectivity index (χ0n) is 16.5. The van der Waals surface area contributed by atoms with Gasteiger partial charge in [-0.1, -0.05) is 25.2 Å². The Balaban J connectivity index is 1.63. The summed E-state index contributed by atoms with van der Waals surface area (Å²) >= 11 is 1.39. The molecule has 150 valence electrons.